The van der Waals surface area contributed by atoms with E-state index in [-0.39, 0.29) is 6.61 Å². The van der Waals surface area contributed by atoms with Crippen LogP contribution in [0.25, 0.3) is 6.08 Å². The van der Waals surface area contributed by atoms with Gasteiger partial charge >= 0.3 is 5.97 Å². The van der Waals surface area contributed by atoms with Crippen molar-refractivity contribution in [3.05, 3.63) is 42.0 Å². The van der Waals surface area contributed by atoms with Crippen molar-refractivity contribution in [3.63, 3.8) is 0 Å². The molecule has 0 aromatic heterocycles. The third-order valence-electron chi connectivity index (χ3n) is 2.99. The van der Waals surface area contributed by atoms with Crippen molar-refractivity contribution in [2.45, 2.75) is 38.5 Å². The number of benzene rings is 1. The largest absolute Gasteiger partial charge is 0.396 e. The summed E-state index contributed by atoms with van der Waals surface area (Å²) in [6.45, 7) is 0.695. The van der Waals surface area contributed by atoms with Gasteiger partial charge in [-0.2, -0.15) is 4.89 Å². The molecule has 0 aliphatic carbocycles. The van der Waals surface area contributed by atoms with Gasteiger partial charge in [-0.15, -0.1) is 0 Å². The van der Waals surface area contributed by atoms with Crippen LogP contribution in [0.4, 0.5) is 0 Å². The normalized spacial score (nSPS) is 10.9. The molecule has 1 rings (SSSR count). The first kappa shape index (κ1) is 17.4. The number of hydrogen-bond donors (Lipinski definition) is 1. The van der Waals surface area contributed by atoms with E-state index in [9.17, 15) is 4.79 Å². The van der Waals surface area contributed by atoms with Crippen LogP contribution in [0.1, 0.15) is 44.1 Å². The molecular formula is C17H24O4. The highest BCUT2D eigenvalue weighted by atomic mass is 17.2. The Kier molecular flexibility index (Phi) is 10.0. The molecule has 21 heavy (non-hydrogen) atoms. The molecule has 0 aliphatic rings. The van der Waals surface area contributed by atoms with Crippen LogP contribution < -0.4 is 0 Å². The van der Waals surface area contributed by atoms with Crippen molar-refractivity contribution in [2.75, 3.05) is 13.2 Å². The molecule has 0 saturated carbocycles. The Morgan fingerprint density at radius 3 is 2.38 bits per heavy atom. The van der Waals surface area contributed by atoms with Crippen LogP contribution in [0.2, 0.25) is 0 Å². The minimum Gasteiger partial charge on any atom is -0.396 e. The van der Waals surface area contributed by atoms with Gasteiger partial charge in [0.1, 0.15) is 0 Å². The maximum Gasteiger partial charge on any atom is 0.365 e. The standard InChI is InChI=1S/C17H24O4/c18-14-8-3-1-2-4-9-15-20-21-17(19)13-12-16-10-6-5-7-11-16/h5-7,10-13,18H,1-4,8-9,14-15H2. The fourth-order valence-electron chi connectivity index (χ4n) is 1.84. The molecule has 1 aromatic rings. The van der Waals surface area contributed by atoms with Crippen LogP contribution in [0.15, 0.2) is 36.4 Å². The molecule has 0 bridgehead atoms. The topological polar surface area (TPSA) is 55.8 Å². The second-order valence-corrected chi connectivity index (χ2v) is 4.81. The van der Waals surface area contributed by atoms with E-state index in [0.29, 0.717) is 6.61 Å². The molecule has 0 radical (unpaired) electrons. The minimum atomic E-state index is -0.498. The lowest BCUT2D eigenvalue weighted by molar-refractivity contribution is -0.267. The van der Waals surface area contributed by atoms with Gasteiger partial charge in [0.2, 0.25) is 0 Å². The van der Waals surface area contributed by atoms with Crippen LogP contribution in [-0.4, -0.2) is 24.3 Å². The van der Waals surface area contributed by atoms with Gasteiger partial charge in [-0.3, -0.25) is 4.89 Å². The number of carbonyl (C=O) groups excluding carboxylic acids is 1. The zero-order chi connectivity index (χ0) is 15.2. The lowest BCUT2D eigenvalue weighted by Gasteiger charge is -2.02. The molecule has 4 heteroatoms. The summed E-state index contributed by atoms with van der Waals surface area (Å²) in [4.78, 5) is 20.9. The SMILES string of the molecule is O=C(C=Cc1ccccc1)OOCCCCCCCCO. The average molecular weight is 292 g/mol. The maximum absolute atomic E-state index is 11.4. The number of hydrogen-bond acceptors (Lipinski definition) is 4. The molecule has 0 spiro atoms. The molecule has 1 aromatic carbocycles. The van der Waals surface area contributed by atoms with Gasteiger partial charge in [-0.1, -0.05) is 56.0 Å². The second-order valence-electron chi connectivity index (χ2n) is 4.81. The van der Waals surface area contributed by atoms with Crippen molar-refractivity contribution >= 4 is 12.0 Å². The number of unbranched alkanes of at least 4 members (excludes halogenated alkanes) is 5. The second kappa shape index (κ2) is 12.1. The van der Waals surface area contributed by atoms with E-state index in [1.54, 1.807) is 6.08 Å². The van der Waals surface area contributed by atoms with E-state index < -0.39 is 5.97 Å². The first-order valence-corrected chi connectivity index (χ1v) is 7.50. The molecule has 0 saturated heterocycles. The Balaban J connectivity index is 1.97. The molecule has 0 atom stereocenters. The Bertz CT molecular complexity index is 401. The van der Waals surface area contributed by atoms with E-state index in [1.807, 2.05) is 30.3 Å². The van der Waals surface area contributed by atoms with Crippen molar-refractivity contribution in [2.24, 2.45) is 0 Å². The Hall–Kier alpha value is -1.65. The molecule has 1 N–H and O–H groups in total. The van der Waals surface area contributed by atoms with E-state index >= 15 is 0 Å². The zero-order valence-electron chi connectivity index (χ0n) is 12.4. The van der Waals surface area contributed by atoms with Crippen molar-refractivity contribution in [1.29, 1.82) is 0 Å². The highest BCUT2D eigenvalue weighted by molar-refractivity contribution is 5.86. The Morgan fingerprint density at radius 1 is 1.00 bits per heavy atom. The minimum absolute atomic E-state index is 0.273. The van der Waals surface area contributed by atoms with Crippen LogP contribution >= 0.6 is 0 Å². The van der Waals surface area contributed by atoms with Crippen LogP contribution in [0.5, 0.6) is 0 Å². The summed E-state index contributed by atoms with van der Waals surface area (Å²) in [7, 11) is 0. The van der Waals surface area contributed by atoms with Gasteiger partial charge in [-0.25, -0.2) is 4.79 Å². The van der Waals surface area contributed by atoms with Gasteiger partial charge in [0, 0.05) is 12.7 Å². The fraction of sp³-hybridized carbons (Fsp3) is 0.471. The lowest BCUT2D eigenvalue weighted by Crippen LogP contribution is -2.03. The highest BCUT2D eigenvalue weighted by Gasteiger charge is 1.98. The van der Waals surface area contributed by atoms with Crippen molar-refractivity contribution in [3.8, 4) is 0 Å². The van der Waals surface area contributed by atoms with Crippen molar-refractivity contribution in [1.82, 2.24) is 0 Å². The van der Waals surface area contributed by atoms with Gasteiger partial charge in [-0.05, 0) is 24.5 Å². The monoisotopic (exact) mass is 292 g/mol. The number of carbonyl (C=O) groups is 1. The number of aliphatic hydroxyl groups excluding tert-OH is 1. The molecule has 0 amide bonds. The third-order valence-corrected chi connectivity index (χ3v) is 2.99. The molecule has 0 heterocycles. The third kappa shape index (κ3) is 9.82. The smallest absolute Gasteiger partial charge is 0.365 e. The Morgan fingerprint density at radius 2 is 1.67 bits per heavy atom. The number of aliphatic hydroxyl groups is 1. The van der Waals surface area contributed by atoms with Gasteiger partial charge in [0.15, 0.2) is 0 Å². The predicted molar refractivity (Wildman–Crippen MR) is 82.3 cm³/mol. The van der Waals surface area contributed by atoms with Crippen LogP contribution in [0, 0.1) is 0 Å². The molecule has 0 unspecified atom stereocenters. The number of rotatable bonds is 11. The zero-order valence-corrected chi connectivity index (χ0v) is 12.4. The summed E-state index contributed by atoms with van der Waals surface area (Å²) in [5, 5.41) is 8.63. The summed E-state index contributed by atoms with van der Waals surface area (Å²) >= 11 is 0. The maximum atomic E-state index is 11.4. The summed E-state index contributed by atoms with van der Waals surface area (Å²) in [5.41, 5.74) is 0.942. The summed E-state index contributed by atoms with van der Waals surface area (Å²) in [5.74, 6) is -0.498. The molecular weight excluding hydrogens is 268 g/mol. The quantitative estimate of drug-likeness (QED) is 0.293. The summed E-state index contributed by atoms with van der Waals surface area (Å²) in [6, 6.07) is 9.54. The first-order chi connectivity index (χ1) is 10.3. The van der Waals surface area contributed by atoms with E-state index in [4.69, 9.17) is 9.99 Å². The lowest BCUT2D eigenvalue weighted by atomic mass is 10.1. The highest BCUT2D eigenvalue weighted by Crippen LogP contribution is 2.05. The first-order valence-electron chi connectivity index (χ1n) is 7.50. The van der Waals surface area contributed by atoms with E-state index in [1.165, 1.54) is 6.08 Å². The van der Waals surface area contributed by atoms with Crippen LogP contribution in [0.3, 0.4) is 0 Å². The molecule has 0 fully saturated rings. The van der Waals surface area contributed by atoms with Crippen LogP contribution in [-0.2, 0) is 14.6 Å². The molecule has 4 nitrogen and oxygen atoms in total. The van der Waals surface area contributed by atoms with E-state index in [0.717, 1.165) is 44.1 Å². The fourth-order valence-corrected chi connectivity index (χ4v) is 1.84. The van der Waals surface area contributed by atoms with Gasteiger partial charge in [0.25, 0.3) is 0 Å². The Labute approximate surface area is 126 Å². The van der Waals surface area contributed by atoms with Gasteiger partial charge in [0.05, 0.1) is 6.61 Å². The van der Waals surface area contributed by atoms with E-state index in [2.05, 4.69) is 4.89 Å². The van der Waals surface area contributed by atoms with Gasteiger partial charge < -0.3 is 5.11 Å². The summed E-state index contributed by atoms with van der Waals surface area (Å²) in [6.07, 6.45) is 9.14. The molecule has 116 valence electrons. The predicted octanol–water partition coefficient (Wildman–Crippen LogP) is 3.51. The van der Waals surface area contributed by atoms with Crippen molar-refractivity contribution < 1.29 is 19.7 Å². The molecule has 0 aliphatic heterocycles. The summed E-state index contributed by atoms with van der Waals surface area (Å²) < 4.78 is 0. The average Bonchev–Trinajstić information content (AvgIpc) is 2.52.